The summed E-state index contributed by atoms with van der Waals surface area (Å²) in [6, 6.07) is 21.1. The molecular weight excluding hydrogens is 392 g/mol. The van der Waals surface area contributed by atoms with Gasteiger partial charge in [0.1, 0.15) is 4.83 Å². The number of thiophene rings is 1. The van der Waals surface area contributed by atoms with E-state index in [4.69, 9.17) is 9.72 Å². The number of methoxy groups -OCH3 is 1. The molecule has 0 radical (unpaired) electrons. The summed E-state index contributed by atoms with van der Waals surface area (Å²) in [6.45, 7) is 0. The molecule has 0 atom stereocenters. The van der Waals surface area contributed by atoms with Crippen LogP contribution in [-0.2, 0) is 9.53 Å². The van der Waals surface area contributed by atoms with Gasteiger partial charge in [-0.2, -0.15) is 0 Å². The van der Waals surface area contributed by atoms with Gasteiger partial charge >= 0.3 is 5.97 Å². The third-order valence-corrected chi connectivity index (χ3v) is 6.14. The number of esters is 1. The lowest BCUT2D eigenvalue weighted by Gasteiger charge is -2.11. The molecule has 0 bridgehead atoms. The van der Waals surface area contributed by atoms with Crippen LogP contribution >= 0.6 is 23.1 Å². The highest BCUT2D eigenvalue weighted by Crippen LogP contribution is 2.32. The normalized spacial score (nSPS) is 10.9. The van der Waals surface area contributed by atoms with Crippen molar-refractivity contribution >= 4 is 39.3 Å². The monoisotopic (exact) mass is 408 g/mol. The van der Waals surface area contributed by atoms with Crippen molar-refractivity contribution in [2.45, 2.75) is 5.16 Å². The Morgan fingerprint density at radius 2 is 1.79 bits per heavy atom. The smallest absolute Gasteiger partial charge is 0.316 e. The number of aromatic nitrogens is 2. The van der Waals surface area contributed by atoms with E-state index in [1.165, 1.54) is 30.2 Å². The van der Waals surface area contributed by atoms with Crippen LogP contribution in [0.4, 0.5) is 0 Å². The van der Waals surface area contributed by atoms with E-state index in [9.17, 15) is 9.59 Å². The quantitative estimate of drug-likeness (QED) is 0.279. The summed E-state index contributed by atoms with van der Waals surface area (Å²) in [5, 5.41) is 1.03. The lowest BCUT2D eigenvalue weighted by atomic mass is 10.2. The molecule has 0 N–H and O–H groups in total. The molecule has 4 aromatic rings. The molecule has 0 fully saturated rings. The van der Waals surface area contributed by atoms with Gasteiger partial charge in [-0.3, -0.25) is 14.2 Å². The Hall–Kier alpha value is -2.90. The molecule has 0 spiro atoms. The van der Waals surface area contributed by atoms with Crippen molar-refractivity contribution in [3.8, 4) is 16.1 Å². The molecule has 0 aliphatic carbocycles. The Morgan fingerprint density at radius 3 is 2.46 bits per heavy atom. The molecule has 5 nitrogen and oxygen atoms in total. The Balaban J connectivity index is 1.89. The van der Waals surface area contributed by atoms with Gasteiger partial charge in [-0.25, -0.2) is 4.98 Å². The van der Waals surface area contributed by atoms with E-state index in [0.717, 1.165) is 10.4 Å². The van der Waals surface area contributed by atoms with Gasteiger partial charge in [-0.1, -0.05) is 60.3 Å². The lowest BCUT2D eigenvalue weighted by molar-refractivity contribution is -0.137. The highest BCUT2D eigenvalue weighted by Gasteiger charge is 2.17. The second-order valence-corrected chi connectivity index (χ2v) is 7.90. The zero-order valence-electron chi connectivity index (χ0n) is 15.0. The largest absolute Gasteiger partial charge is 0.468 e. The van der Waals surface area contributed by atoms with Gasteiger partial charge in [0.2, 0.25) is 0 Å². The van der Waals surface area contributed by atoms with Crippen LogP contribution < -0.4 is 5.56 Å². The summed E-state index contributed by atoms with van der Waals surface area (Å²) in [5.74, 6) is -0.284. The van der Waals surface area contributed by atoms with Crippen LogP contribution in [0.1, 0.15) is 0 Å². The maximum Gasteiger partial charge on any atom is 0.316 e. The Kier molecular flexibility index (Phi) is 5.27. The number of thioether (sulfide) groups is 1. The Bertz CT molecular complexity index is 1180. The molecule has 0 aliphatic heterocycles. The minimum Gasteiger partial charge on any atom is -0.468 e. The molecule has 0 unspecified atom stereocenters. The maximum atomic E-state index is 13.3. The van der Waals surface area contributed by atoms with Gasteiger partial charge in [0, 0.05) is 4.88 Å². The van der Waals surface area contributed by atoms with Crippen LogP contribution in [-0.4, -0.2) is 28.4 Å². The molecule has 140 valence electrons. The lowest BCUT2D eigenvalue weighted by Crippen LogP contribution is -2.21. The number of ether oxygens (including phenoxy) is 1. The fourth-order valence-electron chi connectivity index (χ4n) is 2.79. The number of fused-ring (bicyclic) bond motifs is 1. The first-order chi connectivity index (χ1) is 13.7. The molecule has 4 rings (SSSR count). The number of benzene rings is 2. The van der Waals surface area contributed by atoms with Crippen molar-refractivity contribution in [3.63, 3.8) is 0 Å². The topological polar surface area (TPSA) is 61.2 Å². The highest BCUT2D eigenvalue weighted by molar-refractivity contribution is 7.99. The number of rotatable bonds is 5. The zero-order valence-corrected chi connectivity index (χ0v) is 16.6. The number of carbonyl (C=O) groups is 1. The Morgan fingerprint density at radius 1 is 1.11 bits per heavy atom. The van der Waals surface area contributed by atoms with E-state index < -0.39 is 0 Å². The van der Waals surface area contributed by atoms with E-state index >= 15 is 0 Å². The molecular formula is C21H16N2O3S2. The predicted octanol–water partition coefficient (Wildman–Crippen LogP) is 4.38. The van der Waals surface area contributed by atoms with Crippen molar-refractivity contribution in [1.82, 2.24) is 9.55 Å². The van der Waals surface area contributed by atoms with Crippen molar-refractivity contribution in [2.24, 2.45) is 0 Å². The minimum atomic E-state index is -0.366. The van der Waals surface area contributed by atoms with E-state index in [2.05, 4.69) is 0 Å². The molecule has 28 heavy (non-hydrogen) atoms. The van der Waals surface area contributed by atoms with Gasteiger partial charge in [-0.15, -0.1) is 11.3 Å². The standard InChI is InChI=1S/C21H16N2O3S2/c1-26-18(24)13-27-21-22-19-16(12-17(28-19)14-8-4-2-5-9-14)20(25)23(21)15-10-6-3-7-11-15/h2-12H,13H2,1H3. The summed E-state index contributed by atoms with van der Waals surface area (Å²) in [7, 11) is 1.34. The summed E-state index contributed by atoms with van der Waals surface area (Å²) < 4.78 is 6.28. The fourth-order valence-corrected chi connectivity index (χ4v) is 4.71. The summed E-state index contributed by atoms with van der Waals surface area (Å²) >= 11 is 2.66. The third-order valence-electron chi connectivity index (χ3n) is 4.15. The summed E-state index contributed by atoms with van der Waals surface area (Å²) in [4.78, 5) is 31.3. The number of nitrogens with zero attached hydrogens (tertiary/aromatic N) is 2. The molecule has 2 aromatic carbocycles. The molecule has 2 aromatic heterocycles. The SMILES string of the molecule is COC(=O)CSc1nc2sc(-c3ccccc3)cc2c(=O)n1-c1ccccc1. The minimum absolute atomic E-state index is 0.0815. The van der Waals surface area contributed by atoms with Gasteiger partial charge in [0.15, 0.2) is 5.16 Å². The second kappa shape index (κ2) is 8.00. The van der Waals surface area contributed by atoms with Crippen molar-refractivity contribution in [2.75, 3.05) is 12.9 Å². The maximum absolute atomic E-state index is 13.3. The van der Waals surface area contributed by atoms with E-state index in [0.29, 0.717) is 21.1 Å². The van der Waals surface area contributed by atoms with Gasteiger partial charge < -0.3 is 4.74 Å². The van der Waals surface area contributed by atoms with Gasteiger partial charge in [0.05, 0.1) is 23.9 Å². The molecule has 0 amide bonds. The van der Waals surface area contributed by atoms with E-state index in [-0.39, 0.29) is 17.3 Å². The average Bonchev–Trinajstić information content (AvgIpc) is 3.18. The first-order valence-corrected chi connectivity index (χ1v) is 10.3. The zero-order chi connectivity index (χ0) is 19.5. The first kappa shape index (κ1) is 18.5. The first-order valence-electron chi connectivity index (χ1n) is 8.54. The van der Waals surface area contributed by atoms with E-state index in [1.54, 1.807) is 4.57 Å². The fraction of sp³-hybridized carbons (Fsp3) is 0.0952. The molecule has 0 saturated heterocycles. The Labute approximate surface area is 169 Å². The molecule has 2 heterocycles. The third kappa shape index (κ3) is 3.58. The van der Waals surface area contributed by atoms with Crippen LogP contribution in [0.15, 0.2) is 76.7 Å². The molecule has 0 saturated carbocycles. The van der Waals surface area contributed by atoms with Gasteiger partial charge in [0.25, 0.3) is 5.56 Å². The van der Waals surface area contributed by atoms with Crippen LogP contribution in [0.3, 0.4) is 0 Å². The van der Waals surface area contributed by atoms with Crippen molar-refractivity contribution in [3.05, 3.63) is 77.1 Å². The number of para-hydroxylation sites is 1. The van der Waals surface area contributed by atoms with Crippen LogP contribution in [0.5, 0.6) is 0 Å². The second-order valence-electron chi connectivity index (χ2n) is 5.93. The number of hydrogen-bond acceptors (Lipinski definition) is 6. The van der Waals surface area contributed by atoms with Crippen molar-refractivity contribution < 1.29 is 9.53 Å². The summed E-state index contributed by atoms with van der Waals surface area (Å²) in [6.07, 6.45) is 0. The number of carbonyl (C=O) groups excluding carboxylic acids is 1. The van der Waals surface area contributed by atoms with Crippen LogP contribution in [0.25, 0.3) is 26.3 Å². The van der Waals surface area contributed by atoms with E-state index in [1.807, 2.05) is 66.7 Å². The highest BCUT2D eigenvalue weighted by atomic mass is 32.2. The molecule has 0 aliphatic rings. The summed E-state index contributed by atoms with van der Waals surface area (Å²) in [5.41, 5.74) is 1.60. The average molecular weight is 409 g/mol. The molecule has 7 heteroatoms. The van der Waals surface area contributed by atoms with Crippen LogP contribution in [0, 0.1) is 0 Å². The number of hydrogen-bond donors (Lipinski definition) is 0. The predicted molar refractivity (Wildman–Crippen MR) is 113 cm³/mol. The van der Waals surface area contributed by atoms with Crippen molar-refractivity contribution in [1.29, 1.82) is 0 Å². The van der Waals surface area contributed by atoms with Crippen LogP contribution in [0.2, 0.25) is 0 Å². The van der Waals surface area contributed by atoms with Gasteiger partial charge in [-0.05, 0) is 23.8 Å².